The topological polar surface area (TPSA) is 133 Å². The van der Waals surface area contributed by atoms with Gasteiger partial charge >= 0.3 is 5.69 Å². The summed E-state index contributed by atoms with van der Waals surface area (Å²) in [4.78, 5) is 43.8. The van der Waals surface area contributed by atoms with Crippen LogP contribution in [0.25, 0.3) is 11.2 Å². The van der Waals surface area contributed by atoms with Gasteiger partial charge in [-0.25, -0.2) is 9.78 Å². The van der Waals surface area contributed by atoms with Gasteiger partial charge in [0.05, 0.1) is 13.7 Å². The fraction of sp³-hybridized carbons (Fsp3) is 0.238. The first-order valence-electron chi connectivity index (χ1n) is 9.66. The second-order valence-corrected chi connectivity index (χ2v) is 6.98. The van der Waals surface area contributed by atoms with Crippen molar-refractivity contribution in [3.8, 4) is 11.5 Å². The normalized spacial score (nSPS) is 11.0. The van der Waals surface area contributed by atoms with Crippen LogP contribution in [0.1, 0.15) is 22.1 Å². The number of nitrogens with one attached hydrogen (secondary N) is 2. The predicted molar refractivity (Wildman–Crippen MR) is 114 cm³/mol. The van der Waals surface area contributed by atoms with Crippen LogP contribution in [0.3, 0.4) is 0 Å². The van der Waals surface area contributed by atoms with Crippen molar-refractivity contribution >= 4 is 17.1 Å². The number of H-pyrrole nitrogens is 1. The summed E-state index contributed by atoms with van der Waals surface area (Å²) in [5.74, 6) is 1.58. The molecule has 1 aromatic carbocycles. The third-order valence-electron chi connectivity index (χ3n) is 4.88. The van der Waals surface area contributed by atoms with Gasteiger partial charge in [-0.3, -0.25) is 18.7 Å². The van der Waals surface area contributed by atoms with Crippen molar-refractivity contribution in [3.05, 3.63) is 74.6 Å². The van der Waals surface area contributed by atoms with Gasteiger partial charge in [-0.2, -0.15) is 0 Å². The number of carbonyl (C=O) groups is 1. The van der Waals surface area contributed by atoms with Gasteiger partial charge in [0.1, 0.15) is 23.7 Å². The van der Waals surface area contributed by atoms with E-state index in [0.29, 0.717) is 23.1 Å². The molecule has 4 aromatic rings. The van der Waals surface area contributed by atoms with Crippen LogP contribution in [0.15, 0.2) is 50.4 Å². The number of hydrogen-bond acceptors (Lipinski definition) is 7. The summed E-state index contributed by atoms with van der Waals surface area (Å²) in [5, 5.41) is 2.67. The van der Waals surface area contributed by atoms with Crippen LogP contribution >= 0.6 is 0 Å². The molecule has 32 heavy (non-hydrogen) atoms. The van der Waals surface area contributed by atoms with Gasteiger partial charge in [0.25, 0.3) is 11.5 Å². The van der Waals surface area contributed by atoms with Crippen LogP contribution in [0, 0.1) is 0 Å². The number of fused-ring (bicyclic) bond motifs is 1. The molecule has 0 atom stereocenters. The molecule has 0 aliphatic rings. The zero-order chi connectivity index (χ0) is 22.8. The molecule has 11 nitrogen and oxygen atoms in total. The minimum atomic E-state index is -0.487. The minimum absolute atomic E-state index is 0.0125. The largest absolute Gasteiger partial charge is 0.493 e. The summed E-state index contributed by atoms with van der Waals surface area (Å²) < 4.78 is 18.7. The number of nitrogens with zero attached hydrogens (tertiary/aromatic N) is 3. The SMILES string of the molecule is COc1ccccc1OCc1ccc(C(=O)NCc2nc3c([nH]2)c(=O)n(C)c(=O)n3C)o1. The number of carbonyl (C=O) groups excluding carboxylic acids is 1. The van der Waals surface area contributed by atoms with Gasteiger partial charge in [-0.1, -0.05) is 12.1 Å². The predicted octanol–water partition coefficient (Wildman–Crippen LogP) is 1.07. The fourth-order valence-corrected chi connectivity index (χ4v) is 3.17. The standard InChI is InChI=1S/C21H21N5O6/c1-25-18-17(20(28)26(2)21(25)29)23-16(24-18)10-22-19(27)15-9-8-12(32-15)11-31-14-7-5-4-6-13(14)30-3/h4-9H,10-11H2,1-3H3,(H,22,27)(H,23,24). The monoisotopic (exact) mass is 439 g/mol. The van der Waals surface area contributed by atoms with Crippen LogP contribution in [0.5, 0.6) is 11.5 Å². The number of rotatable bonds is 7. The van der Waals surface area contributed by atoms with Crippen molar-refractivity contribution in [3.63, 3.8) is 0 Å². The molecule has 1 amide bonds. The van der Waals surface area contributed by atoms with Gasteiger partial charge < -0.3 is 24.2 Å². The quantitative estimate of drug-likeness (QED) is 0.440. The highest BCUT2D eigenvalue weighted by Gasteiger charge is 2.16. The highest BCUT2D eigenvalue weighted by Crippen LogP contribution is 2.26. The molecule has 4 rings (SSSR count). The fourth-order valence-electron chi connectivity index (χ4n) is 3.17. The van der Waals surface area contributed by atoms with E-state index in [4.69, 9.17) is 13.9 Å². The lowest BCUT2D eigenvalue weighted by Crippen LogP contribution is -2.36. The van der Waals surface area contributed by atoms with Crippen LogP contribution in [0.2, 0.25) is 0 Å². The molecule has 0 aliphatic heterocycles. The second kappa shape index (κ2) is 8.46. The van der Waals surface area contributed by atoms with Crippen molar-refractivity contribution in [1.82, 2.24) is 24.4 Å². The number of aromatic nitrogens is 4. The molecule has 0 fully saturated rings. The molecule has 0 radical (unpaired) electrons. The van der Waals surface area contributed by atoms with E-state index >= 15 is 0 Å². The second-order valence-electron chi connectivity index (χ2n) is 6.98. The first-order chi connectivity index (χ1) is 15.4. The van der Waals surface area contributed by atoms with Gasteiger partial charge in [0, 0.05) is 14.1 Å². The number of methoxy groups -OCH3 is 1. The zero-order valence-corrected chi connectivity index (χ0v) is 17.7. The van der Waals surface area contributed by atoms with Crippen molar-refractivity contribution in [2.75, 3.05) is 7.11 Å². The summed E-state index contributed by atoms with van der Waals surface area (Å²) in [6.45, 7) is 0.132. The van der Waals surface area contributed by atoms with Gasteiger partial charge in [-0.15, -0.1) is 0 Å². The molecule has 0 unspecified atom stereocenters. The van der Waals surface area contributed by atoms with E-state index in [2.05, 4.69) is 15.3 Å². The lowest BCUT2D eigenvalue weighted by atomic mass is 10.3. The summed E-state index contributed by atoms with van der Waals surface area (Å²) in [6, 6.07) is 10.4. The van der Waals surface area contributed by atoms with Crippen LogP contribution in [0.4, 0.5) is 0 Å². The van der Waals surface area contributed by atoms with Crippen molar-refractivity contribution in [1.29, 1.82) is 0 Å². The van der Waals surface area contributed by atoms with E-state index in [0.717, 1.165) is 4.57 Å². The lowest BCUT2D eigenvalue weighted by molar-refractivity contribution is 0.0918. The Kier molecular flexibility index (Phi) is 5.54. The number of aryl methyl sites for hydroxylation is 1. The van der Waals surface area contributed by atoms with E-state index in [1.807, 2.05) is 12.1 Å². The Hall–Kier alpha value is -4.28. The Morgan fingerprint density at radius 3 is 2.62 bits per heavy atom. The highest BCUT2D eigenvalue weighted by atomic mass is 16.5. The maximum absolute atomic E-state index is 12.4. The number of aromatic amines is 1. The Labute approximate surface area is 181 Å². The van der Waals surface area contributed by atoms with E-state index in [9.17, 15) is 14.4 Å². The average Bonchev–Trinajstić information content (AvgIpc) is 3.46. The van der Waals surface area contributed by atoms with Crippen molar-refractivity contribution in [2.24, 2.45) is 14.1 Å². The van der Waals surface area contributed by atoms with Crippen molar-refractivity contribution in [2.45, 2.75) is 13.2 Å². The number of amides is 1. The zero-order valence-electron chi connectivity index (χ0n) is 17.7. The molecular formula is C21H21N5O6. The molecule has 3 heterocycles. The Morgan fingerprint density at radius 2 is 1.88 bits per heavy atom. The lowest BCUT2D eigenvalue weighted by Gasteiger charge is -2.08. The number of benzene rings is 1. The molecule has 2 N–H and O–H groups in total. The molecule has 11 heteroatoms. The van der Waals surface area contributed by atoms with Gasteiger partial charge in [0.15, 0.2) is 22.9 Å². The first kappa shape index (κ1) is 21.0. The number of furan rings is 1. The van der Waals surface area contributed by atoms with Crippen LogP contribution in [-0.4, -0.2) is 32.1 Å². The summed E-state index contributed by atoms with van der Waals surface area (Å²) in [6.07, 6.45) is 0. The third kappa shape index (κ3) is 3.87. The van der Waals surface area contributed by atoms with E-state index in [1.54, 1.807) is 25.3 Å². The molecule has 0 saturated heterocycles. The Morgan fingerprint density at radius 1 is 1.12 bits per heavy atom. The van der Waals surface area contributed by atoms with Crippen LogP contribution < -0.4 is 26.0 Å². The van der Waals surface area contributed by atoms with Gasteiger partial charge in [-0.05, 0) is 24.3 Å². The van der Waals surface area contributed by atoms with E-state index in [-0.39, 0.29) is 30.1 Å². The third-order valence-corrected chi connectivity index (χ3v) is 4.88. The molecule has 0 spiro atoms. The summed E-state index contributed by atoms with van der Waals surface area (Å²) >= 11 is 0. The molecule has 0 saturated carbocycles. The molecule has 0 bridgehead atoms. The van der Waals surface area contributed by atoms with E-state index in [1.165, 1.54) is 24.7 Å². The number of para-hydroxylation sites is 2. The molecule has 166 valence electrons. The number of imidazole rings is 1. The van der Waals surface area contributed by atoms with E-state index < -0.39 is 17.2 Å². The van der Waals surface area contributed by atoms with Gasteiger partial charge in [0.2, 0.25) is 0 Å². The van der Waals surface area contributed by atoms with Crippen molar-refractivity contribution < 1.29 is 18.7 Å². The summed E-state index contributed by atoms with van der Waals surface area (Å²) in [5.41, 5.74) is -0.564. The molecule has 0 aliphatic carbocycles. The Balaban J connectivity index is 1.41. The Bertz CT molecular complexity index is 1410. The molecular weight excluding hydrogens is 418 g/mol. The smallest absolute Gasteiger partial charge is 0.332 e. The molecule has 3 aromatic heterocycles. The minimum Gasteiger partial charge on any atom is -0.493 e. The van der Waals surface area contributed by atoms with Crippen LogP contribution in [-0.2, 0) is 27.2 Å². The highest BCUT2D eigenvalue weighted by molar-refractivity contribution is 5.91. The maximum Gasteiger partial charge on any atom is 0.332 e. The summed E-state index contributed by atoms with van der Waals surface area (Å²) in [7, 11) is 4.46. The first-order valence-corrected chi connectivity index (χ1v) is 9.66. The average molecular weight is 439 g/mol. The number of ether oxygens (including phenoxy) is 2. The number of hydrogen-bond donors (Lipinski definition) is 2. The maximum atomic E-state index is 12.4.